The number of carbonyl (C=O) groups excluding carboxylic acids is 1. The van der Waals surface area contributed by atoms with Gasteiger partial charge in [0.1, 0.15) is 0 Å². The first kappa shape index (κ1) is 18.7. The van der Waals surface area contributed by atoms with Gasteiger partial charge in [-0.25, -0.2) is 0 Å². The van der Waals surface area contributed by atoms with Crippen molar-refractivity contribution in [2.45, 2.75) is 26.6 Å². The van der Waals surface area contributed by atoms with Gasteiger partial charge in [0.2, 0.25) is 0 Å². The quantitative estimate of drug-likeness (QED) is 0.756. The standard InChI is InChI=1S/C18H18F3N5O/c1-11-7-16(23-17(27)15-9-22-25(3)12(15)2)24-26(11)10-13-5-4-6-14(8-13)18(19,20)21/h4-9H,10H2,1-3H3,(H,23,24,27). The van der Waals surface area contributed by atoms with Crippen LogP contribution in [-0.4, -0.2) is 25.5 Å². The summed E-state index contributed by atoms with van der Waals surface area (Å²) in [6.07, 6.45) is -2.92. The van der Waals surface area contributed by atoms with Crippen molar-refractivity contribution in [3.05, 3.63) is 64.6 Å². The van der Waals surface area contributed by atoms with Gasteiger partial charge in [-0.2, -0.15) is 23.4 Å². The van der Waals surface area contributed by atoms with Crippen LogP contribution in [-0.2, 0) is 19.8 Å². The predicted octanol–water partition coefficient (Wildman–Crippen LogP) is 3.55. The molecule has 142 valence electrons. The number of hydrogen-bond acceptors (Lipinski definition) is 3. The fraction of sp³-hybridized carbons (Fsp3) is 0.278. The van der Waals surface area contributed by atoms with Gasteiger partial charge in [-0.05, 0) is 31.5 Å². The van der Waals surface area contributed by atoms with Crippen molar-refractivity contribution in [3.8, 4) is 0 Å². The minimum atomic E-state index is -4.39. The van der Waals surface area contributed by atoms with Crippen molar-refractivity contribution >= 4 is 11.7 Å². The average molecular weight is 377 g/mol. The lowest BCUT2D eigenvalue weighted by Crippen LogP contribution is -2.14. The molecule has 2 heterocycles. The average Bonchev–Trinajstić information content (AvgIpc) is 3.10. The number of carbonyl (C=O) groups is 1. The Bertz CT molecular complexity index is 987. The van der Waals surface area contributed by atoms with E-state index < -0.39 is 11.7 Å². The Kier molecular flexibility index (Phi) is 4.77. The summed E-state index contributed by atoms with van der Waals surface area (Å²) in [5.41, 5.74) is 1.63. The van der Waals surface area contributed by atoms with Crippen LogP contribution >= 0.6 is 0 Å². The number of aromatic nitrogens is 4. The van der Waals surface area contributed by atoms with Gasteiger partial charge in [-0.1, -0.05) is 12.1 Å². The number of amides is 1. The maximum absolute atomic E-state index is 12.9. The third-order valence-electron chi connectivity index (χ3n) is 4.29. The summed E-state index contributed by atoms with van der Waals surface area (Å²) in [7, 11) is 1.74. The highest BCUT2D eigenvalue weighted by Crippen LogP contribution is 2.29. The summed E-state index contributed by atoms with van der Waals surface area (Å²) in [5, 5.41) is 11.0. The van der Waals surface area contributed by atoms with E-state index in [9.17, 15) is 18.0 Å². The second-order valence-corrected chi connectivity index (χ2v) is 6.25. The van der Waals surface area contributed by atoms with E-state index in [1.165, 1.54) is 12.3 Å². The molecule has 3 rings (SSSR count). The number of aryl methyl sites for hydroxylation is 2. The molecule has 0 saturated heterocycles. The van der Waals surface area contributed by atoms with Gasteiger partial charge in [-0.15, -0.1) is 0 Å². The van der Waals surface area contributed by atoms with Crippen LogP contribution in [0.2, 0.25) is 0 Å². The van der Waals surface area contributed by atoms with E-state index in [1.807, 2.05) is 0 Å². The number of rotatable bonds is 4. The lowest BCUT2D eigenvalue weighted by Gasteiger charge is -2.09. The smallest absolute Gasteiger partial charge is 0.305 e. The molecule has 1 amide bonds. The Morgan fingerprint density at radius 1 is 1.22 bits per heavy atom. The van der Waals surface area contributed by atoms with Crippen molar-refractivity contribution in [1.82, 2.24) is 19.6 Å². The van der Waals surface area contributed by atoms with Crippen molar-refractivity contribution < 1.29 is 18.0 Å². The zero-order valence-corrected chi connectivity index (χ0v) is 15.0. The van der Waals surface area contributed by atoms with E-state index in [0.29, 0.717) is 28.3 Å². The highest BCUT2D eigenvalue weighted by Gasteiger charge is 2.30. The second-order valence-electron chi connectivity index (χ2n) is 6.25. The molecule has 0 radical (unpaired) electrons. The molecule has 0 aliphatic carbocycles. The van der Waals surface area contributed by atoms with Gasteiger partial charge in [0.25, 0.3) is 5.91 Å². The largest absolute Gasteiger partial charge is 0.416 e. The third-order valence-corrected chi connectivity index (χ3v) is 4.29. The Hall–Kier alpha value is -3.10. The highest BCUT2D eigenvalue weighted by molar-refractivity contribution is 6.04. The maximum atomic E-state index is 12.9. The topological polar surface area (TPSA) is 64.7 Å². The number of nitrogens with one attached hydrogen (secondary N) is 1. The molecular weight excluding hydrogens is 359 g/mol. The fourth-order valence-corrected chi connectivity index (χ4v) is 2.66. The number of alkyl halides is 3. The van der Waals surface area contributed by atoms with Gasteiger partial charge in [0, 0.05) is 24.5 Å². The first-order valence-corrected chi connectivity index (χ1v) is 8.15. The van der Waals surface area contributed by atoms with Crippen LogP contribution < -0.4 is 5.32 Å². The lowest BCUT2D eigenvalue weighted by atomic mass is 10.1. The molecule has 27 heavy (non-hydrogen) atoms. The maximum Gasteiger partial charge on any atom is 0.416 e. The fourth-order valence-electron chi connectivity index (χ4n) is 2.66. The second kappa shape index (κ2) is 6.90. The molecule has 0 unspecified atom stereocenters. The number of halogens is 3. The van der Waals surface area contributed by atoms with Gasteiger partial charge < -0.3 is 5.32 Å². The first-order valence-electron chi connectivity index (χ1n) is 8.15. The van der Waals surface area contributed by atoms with Crippen LogP contribution in [0.25, 0.3) is 0 Å². The molecule has 6 nitrogen and oxygen atoms in total. The van der Waals surface area contributed by atoms with Crippen molar-refractivity contribution in [2.24, 2.45) is 7.05 Å². The van der Waals surface area contributed by atoms with Crippen molar-refractivity contribution in [2.75, 3.05) is 5.32 Å². The normalized spacial score (nSPS) is 11.6. The van der Waals surface area contributed by atoms with Crippen molar-refractivity contribution in [3.63, 3.8) is 0 Å². The van der Waals surface area contributed by atoms with E-state index >= 15 is 0 Å². The molecule has 0 fully saturated rings. The van der Waals surface area contributed by atoms with Crippen LogP contribution in [0.5, 0.6) is 0 Å². The number of benzene rings is 1. The van der Waals surface area contributed by atoms with E-state index in [1.54, 1.807) is 42.4 Å². The minimum Gasteiger partial charge on any atom is -0.305 e. The van der Waals surface area contributed by atoms with Crippen LogP contribution in [0.4, 0.5) is 19.0 Å². The lowest BCUT2D eigenvalue weighted by molar-refractivity contribution is -0.137. The monoisotopic (exact) mass is 377 g/mol. The zero-order valence-electron chi connectivity index (χ0n) is 15.0. The minimum absolute atomic E-state index is 0.164. The Morgan fingerprint density at radius 3 is 2.59 bits per heavy atom. The molecule has 0 bridgehead atoms. The van der Waals surface area contributed by atoms with E-state index in [0.717, 1.165) is 12.1 Å². The SMILES string of the molecule is Cc1c(C(=O)Nc2cc(C)n(Cc3cccc(C(F)(F)F)c3)n2)cnn1C. The molecule has 0 saturated carbocycles. The molecule has 0 spiro atoms. The van der Waals surface area contributed by atoms with Gasteiger partial charge >= 0.3 is 6.18 Å². The molecule has 2 aromatic heterocycles. The summed E-state index contributed by atoms with van der Waals surface area (Å²) in [4.78, 5) is 12.3. The van der Waals surface area contributed by atoms with Gasteiger partial charge in [0.15, 0.2) is 5.82 Å². The molecule has 1 N–H and O–H groups in total. The third kappa shape index (κ3) is 4.02. The van der Waals surface area contributed by atoms with E-state index in [4.69, 9.17) is 0 Å². The van der Waals surface area contributed by atoms with Crippen LogP contribution in [0, 0.1) is 13.8 Å². The first-order chi connectivity index (χ1) is 12.6. The number of nitrogens with zero attached hydrogens (tertiary/aromatic N) is 4. The zero-order chi connectivity index (χ0) is 19.8. The van der Waals surface area contributed by atoms with Crippen LogP contribution in [0.3, 0.4) is 0 Å². The predicted molar refractivity (Wildman–Crippen MR) is 93.4 cm³/mol. The summed E-state index contributed by atoms with van der Waals surface area (Å²) in [5.74, 6) is -0.0166. The summed E-state index contributed by atoms with van der Waals surface area (Å²) in [6, 6.07) is 6.76. The number of hydrogen-bond donors (Lipinski definition) is 1. The molecule has 1 aromatic carbocycles. The van der Waals surface area contributed by atoms with E-state index in [2.05, 4.69) is 15.5 Å². The molecule has 0 aliphatic rings. The summed E-state index contributed by atoms with van der Waals surface area (Å²) in [6.45, 7) is 3.71. The molecule has 0 atom stereocenters. The van der Waals surface area contributed by atoms with Crippen molar-refractivity contribution in [1.29, 1.82) is 0 Å². The van der Waals surface area contributed by atoms with Gasteiger partial charge in [0.05, 0.1) is 23.9 Å². The highest BCUT2D eigenvalue weighted by atomic mass is 19.4. The summed E-state index contributed by atoms with van der Waals surface area (Å²) >= 11 is 0. The van der Waals surface area contributed by atoms with Gasteiger partial charge in [-0.3, -0.25) is 14.2 Å². The van der Waals surface area contributed by atoms with Crippen LogP contribution in [0.15, 0.2) is 36.5 Å². The molecule has 9 heteroatoms. The Labute approximate surface area is 153 Å². The molecular formula is C18H18F3N5O. The molecule has 0 aliphatic heterocycles. The summed E-state index contributed by atoms with van der Waals surface area (Å²) < 4.78 is 41.7. The number of anilines is 1. The van der Waals surface area contributed by atoms with E-state index in [-0.39, 0.29) is 12.5 Å². The van der Waals surface area contributed by atoms with Crippen LogP contribution in [0.1, 0.15) is 32.9 Å². The molecule has 3 aromatic rings. The Morgan fingerprint density at radius 2 is 1.96 bits per heavy atom. The Balaban J connectivity index is 1.77.